The number of carbonyl (C=O) groups excluding carboxylic acids is 2. The summed E-state index contributed by atoms with van der Waals surface area (Å²) < 4.78 is 1.25. The van der Waals surface area contributed by atoms with Crippen LogP contribution in [0, 0.1) is 0 Å². The van der Waals surface area contributed by atoms with Crippen LogP contribution in [-0.2, 0) is 22.6 Å². The molecule has 3 rings (SSSR count). The van der Waals surface area contributed by atoms with E-state index in [1.165, 1.54) is 16.8 Å². The first kappa shape index (κ1) is 15.5. The van der Waals surface area contributed by atoms with E-state index >= 15 is 0 Å². The molecule has 0 aliphatic carbocycles. The van der Waals surface area contributed by atoms with Gasteiger partial charge in [-0.3, -0.25) is 25.2 Å². The summed E-state index contributed by atoms with van der Waals surface area (Å²) in [5.74, 6) is -0.816. The number of hydrogen-bond acceptors (Lipinski definition) is 3. The van der Waals surface area contributed by atoms with Gasteiger partial charge in [0.1, 0.15) is 6.54 Å². The highest BCUT2D eigenvalue weighted by Crippen LogP contribution is 2.17. The molecule has 2 amide bonds. The second-order valence-electron chi connectivity index (χ2n) is 5.30. The fraction of sp³-hybridized carbons (Fsp3) is 0.118. The zero-order valence-electron chi connectivity index (χ0n) is 12.8. The Bertz CT molecular complexity index is 942. The Morgan fingerprint density at radius 3 is 2.58 bits per heavy atom. The van der Waals surface area contributed by atoms with Crippen molar-refractivity contribution in [3.8, 4) is 0 Å². The number of H-pyrrole nitrogens is 1. The lowest BCUT2D eigenvalue weighted by molar-refractivity contribution is -0.128. The van der Waals surface area contributed by atoms with Crippen LogP contribution in [0.4, 0.5) is 0 Å². The molecule has 122 valence electrons. The minimum absolute atomic E-state index is 0.135. The summed E-state index contributed by atoms with van der Waals surface area (Å²) in [6, 6.07) is 12.3. The van der Waals surface area contributed by atoms with Crippen molar-refractivity contribution in [2.24, 2.45) is 0 Å². The number of aromatic nitrogens is 2. The Labute approximate surface area is 137 Å². The van der Waals surface area contributed by atoms with Crippen molar-refractivity contribution >= 4 is 22.7 Å². The van der Waals surface area contributed by atoms with E-state index in [0.29, 0.717) is 0 Å². The van der Waals surface area contributed by atoms with Gasteiger partial charge in [0.15, 0.2) is 0 Å². The van der Waals surface area contributed by atoms with Crippen molar-refractivity contribution in [3.05, 3.63) is 70.8 Å². The maximum absolute atomic E-state index is 12.0. The molecule has 7 nitrogen and oxygen atoms in total. The summed E-state index contributed by atoms with van der Waals surface area (Å²) in [6.45, 7) is -0.160. The van der Waals surface area contributed by atoms with Crippen LogP contribution >= 0.6 is 0 Å². The van der Waals surface area contributed by atoms with Gasteiger partial charge >= 0.3 is 0 Å². The first-order valence-corrected chi connectivity index (χ1v) is 7.41. The molecule has 0 fully saturated rings. The molecule has 0 unspecified atom stereocenters. The third kappa shape index (κ3) is 3.52. The van der Waals surface area contributed by atoms with E-state index in [0.717, 1.165) is 16.5 Å². The number of aromatic amines is 1. The fourth-order valence-electron chi connectivity index (χ4n) is 2.42. The molecule has 1 aromatic carbocycles. The number of hydrogen-bond donors (Lipinski definition) is 3. The van der Waals surface area contributed by atoms with Gasteiger partial charge in [0.25, 0.3) is 11.5 Å². The number of benzene rings is 1. The van der Waals surface area contributed by atoms with E-state index in [2.05, 4.69) is 15.8 Å². The van der Waals surface area contributed by atoms with E-state index in [9.17, 15) is 14.4 Å². The Morgan fingerprint density at radius 1 is 1.00 bits per heavy atom. The van der Waals surface area contributed by atoms with Crippen molar-refractivity contribution in [2.45, 2.75) is 13.0 Å². The predicted octanol–water partition coefficient (Wildman–Crippen LogP) is 0.720. The van der Waals surface area contributed by atoms with E-state index in [-0.39, 0.29) is 24.4 Å². The first-order valence-electron chi connectivity index (χ1n) is 7.41. The summed E-state index contributed by atoms with van der Waals surface area (Å²) in [5.41, 5.74) is 6.18. The van der Waals surface area contributed by atoms with E-state index in [1.807, 2.05) is 24.3 Å². The number of carbonyl (C=O) groups is 2. The van der Waals surface area contributed by atoms with Gasteiger partial charge in [0.05, 0.1) is 6.42 Å². The van der Waals surface area contributed by atoms with Crippen LogP contribution in [-0.4, -0.2) is 21.4 Å². The predicted molar refractivity (Wildman–Crippen MR) is 89.0 cm³/mol. The number of nitrogens with one attached hydrogen (secondary N) is 3. The number of rotatable bonds is 4. The number of amides is 2. The minimum atomic E-state index is -0.476. The van der Waals surface area contributed by atoms with E-state index in [4.69, 9.17) is 0 Å². The quantitative estimate of drug-likeness (QED) is 0.617. The lowest BCUT2D eigenvalue weighted by Crippen LogP contribution is -2.44. The number of para-hydroxylation sites is 1. The van der Waals surface area contributed by atoms with Crippen LogP contribution in [0.3, 0.4) is 0 Å². The van der Waals surface area contributed by atoms with Crippen molar-refractivity contribution < 1.29 is 9.59 Å². The van der Waals surface area contributed by atoms with Crippen LogP contribution in [0.15, 0.2) is 59.7 Å². The highest BCUT2D eigenvalue weighted by Gasteiger charge is 2.10. The molecule has 2 heterocycles. The standard InChI is InChI=1S/C17H16N4O3/c22-15(9-12-10-18-14-6-2-1-5-13(12)14)19-20-16(23)11-21-8-4-3-7-17(21)24/h1-8,10,18H,9,11H2,(H,19,22)(H,20,23). The Balaban J connectivity index is 1.55. The Morgan fingerprint density at radius 2 is 1.75 bits per heavy atom. The summed E-state index contributed by atoms with van der Waals surface area (Å²) in [5, 5.41) is 0.967. The van der Waals surface area contributed by atoms with Gasteiger partial charge in [-0.05, 0) is 17.7 Å². The second kappa shape index (κ2) is 6.82. The van der Waals surface area contributed by atoms with Gasteiger partial charge < -0.3 is 9.55 Å². The van der Waals surface area contributed by atoms with Gasteiger partial charge in [0, 0.05) is 29.4 Å². The molecule has 0 radical (unpaired) electrons. The summed E-state index contributed by atoms with van der Waals surface area (Å²) in [6.07, 6.45) is 3.42. The highest BCUT2D eigenvalue weighted by atomic mass is 16.2. The Hall–Kier alpha value is -3.35. The molecule has 0 bridgehead atoms. The minimum Gasteiger partial charge on any atom is -0.361 e. The van der Waals surface area contributed by atoms with Crippen molar-refractivity contribution in [1.29, 1.82) is 0 Å². The number of hydrazine groups is 1. The van der Waals surface area contributed by atoms with Crippen molar-refractivity contribution in [3.63, 3.8) is 0 Å². The number of fused-ring (bicyclic) bond motifs is 1. The van der Waals surface area contributed by atoms with Crippen LogP contribution in [0.25, 0.3) is 10.9 Å². The highest BCUT2D eigenvalue weighted by molar-refractivity contribution is 5.89. The summed E-state index contributed by atoms with van der Waals surface area (Å²) in [7, 11) is 0. The molecule has 7 heteroatoms. The third-order valence-electron chi connectivity index (χ3n) is 3.58. The molecular formula is C17H16N4O3. The SMILES string of the molecule is O=C(Cc1c[nH]c2ccccc12)NNC(=O)Cn1ccccc1=O. The van der Waals surface area contributed by atoms with Gasteiger partial charge in [-0.15, -0.1) is 0 Å². The smallest absolute Gasteiger partial charge is 0.258 e. The molecule has 0 aliphatic heterocycles. The average Bonchev–Trinajstić information content (AvgIpc) is 2.98. The second-order valence-corrected chi connectivity index (χ2v) is 5.30. The van der Waals surface area contributed by atoms with Crippen molar-refractivity contribution in [1.82, 2.24) is 20.4 Å². The zero-order chi connectivity index (χ0) is 16.9. The summed E-state index contributed by atoms with van der Waals surface area (Å²) >= 11 is 0. The van der Waals surface area contributed by atoms with Gasteiger partial charge in [-0.25, -0.2) is 0 Å². The largest absolute Gasteiger partial charge is 0.361 e. The molecule has 3 aromatic rings. The van der Waals surface area contributed by atoms with Crippen LogP contribution in [0.2, 0.25) is 0 Å². The van der Waals surface area contributed by atoms with E-state index < -0.39 is 5.91 Å². The molecule has 0 saturated heterocycles. The normalized spacial score (nSPS) is 10.5. The Kier molecular flexibility index (Phi) is 4.42. The van der Waals surface area contributed by atoms with E-state index in [1.54, 1.807) is 18.3 Å². The number of pyridine rings is 1. The average molecular weight is 324 g/mol. The van der Waals surface area contributed by atoms with Crippen LogP contribution in [0.5, 0.6) is 0 Å². The molecule has 0 aliphatic rings. The molecule has 0 saturated carbocycles. The van der Waals surface area contributed by atoms with Crippen molar-refractivity contribution in [2.75, 3.05) is 0 Å². The molecule has 0 spiro atoms. The lowest BCUT2D eigenvalue weighted by Gasteiger charge is -2.08. The molecule has 3 N–H and O–H groups in total. The lowest BCUT2D eigenvalue weighted by atomic mass is 10.1. The van der Waals surface area contributed by atoms with Gasteiger partial charge in [-0.1, -0.05) is 24.3 Å². The monoisotopic (exact) mass is 324 g/mol. The molecule has 0 atom stereocenters. The topological polar surface area (TPSA) is 96.0 Å². The zero-order valence-corrected chi connectivity index (χ0v) is 12.8. The maximum Gasteiger partial charge on any atom is 0.258 e. The fourth-order valence-corrected chi connectivity index (χ4v) is 2.42. The maximum atomic E-state index is 12.0. The molecule has 2 aromatic heterocycles. The summed E-state index contributed by atoms with van der Waals surface area (Å²) in [4.78, 5) is 38.4. The van der Waals surface area contributed by atoms with Crippen LogP contribution < -0.4 is 16.4 Å². The number of nitrogens with zero attached hydrogens (tertiary/aromatic N) is 1. The first-order chi connectivity index (χ1) is 11.6. The third-order valence-corrected chi connectivity index (χ3v) is 3.58. The van der Waals surface area contributed by atoms with Crippen LogP contribution in [0.1, 0.15) is 5.56 Å². The van der Waals surface area contributed by atoms with Gasteiger partial charge in [-0.2, -0.15) is 0 Å². The molecule has 24 heavy (non-hydrogen) atoms. The van der Waals surface area contributed by atoms with Gasteiger partial charge in [0.2, 0.25) is 5.91 Å². The molecular weight excluding hydrogens is 308 g/mol.